The summed E-state index contributed by atoms with van der Waals surface area (Å²) >= 11 is 0. The average molecular weight is 269 g/mol. The Labute approximate surface area is 118 Å². The number of hydrogen-bond donors (Lipinski definition) is 1. The number of aryl methyl sites for hydroxylation is 2. The van der Waals surface area contributed by atoms with Crippen LogP contribution in [0, 0.1) is 6.92 Å². The summed E-state index contributed by atoms with van der Waals surface area (Å²) in [6, 6.07) is 6.33. The van der Waals surface area contributed by atoms with E-state index in [1.54, 1.807) is 0 Å². The molecule has 0 spiro atoms. The summed E-state index contributed by atoms with van der Waals surface area (Å²) in [4.78, 5) is 9.12. The van der Waals surface area contributed by atoms with Gasteiger partial charge >= 0.3 is 0 Å². The molecule has 0 saturated carbocycles. The zero-order valence-corrected chi connectivity index (χ0v) is 12.3. The molecule has 0 saturated heterocycles. The fourth-order valence-corrected chi connectivity index (χ4v) is 2.54. The second-order valence-electron chi connectivity index (χ2n) is 5.10. The summed E-state index contributed by atoms with van der Waals surface area (Å²) in [5.41, 5.74) is 5.48. The highest BCUT2D eigenvalue weighted by Crippen LogP contribution is 2.26. The Hall–Kier alpha value is -2.14. The first-order valence-electron chi connectivity index (χ1n) is 6.70. The normalized spacial score (nSPS) is 11.4. The minimum absolute atomic E-state index is 0.799. The highest BCUT2D eigenvalue weighted by molar-refractivity contribution is 5.81. The van der Waals surface area contributed by atoms with E-state index < -0.39 is 0 Å². The smallest absolute Gasteiger partial charge is 0.106 e. The molecular weight excluding hydrogens is 250 g/mol. The van der Waals surface area contributed by atoms with E-state index in [2.05, 4.69) is 40.1 Å². The number of hydrogen-bond acceptors (Lipinski definition) is 3. The second-order valence-corrected chi connectivity index (χ2v) is 5.10. The largest absolute Gasteiger partial charge is 0.334 e. The number of benzene rings is 1. The van der Waals surface area contributed by atoms with Crippen molar-refractivity contribution in [2.75, 3.05) is 7.05 Å². The molecule has 0 aliphatic heterocycles. The van der Waals surface area contributed by atoms with Crippen LogP contribution >= 0.6 is 0 Å². The Morgan fingerprint density at radius 1 is 1.25 bits per heavy atom. The number of fused-ring (bicyclic) bond motifs is 1. The molecule has 0 bridgehead atoms. The first kappa shape index (κ1) is 12.9. The van der Waals surface area contributed by atoms with Gasteiger partial charge in [0.15, 0.2) is 0 Å². The van der Waals surface area contributed by atoms with Gasteiger partial charge in [0, 0.05) is 26.2 Å². The lowest BCUT2D eigenvalue weighted by molar-refractivity contribution is 0.722. The molecule has 5 nitrogen and oxygen atoms in total. The summed E-state index contributed by atoms with van der Waals surface area (Å²) in [7, 11) is 6.01. The van der Waals surface area contributed by atoms with Crippen LogP contribution in [-0.2, 0) is 20.6 Å². The molecule has 3 aromatic rings. The molecule has 2 heterocycles. The molecule has 0 aliphatic carbocycles. The van der Waals surface area contributed by atoms with Crippen molar-refractivity contribution in [1.29, 1.82) is 0 Å². The van der Waals surface area contributed by atoms with Gasteiger partial charge in [0.25, 0.3) is 0 Å². The van der Waals surface area contributed by atoms with E-state index >= 15 is 0 Å². The van der Waals surface area contributed by atoms with Crippen LogP contribution in [0.4, 0.5) is 0 Å². The van der Waals surface area contributed by atoms with E-state index in [4.69, 9.17) is 4.98 Å². The van der Waals surface area contributed by atoms with Crippen LogP contribution in [-0.4, -0.2) is 26.1 Å². The minimum Gasteiger partial charge on any atom is -0.334 e. The average Bonchev–Trinajstić information content (AvgIpc) is 2.94. The van der Waals surface area contributed by atoms with Crippen LogP contribution in [0.2, 0.25) is 0 Å². The Bertz CT molecular complexity index is 766. The standard InChI is InChI=1S/C15H19N5/c1-10-18-15(14(8-16-2)20(10)4)11-5-6-13-12(7-11)17-9-19(13)3/h5-7,9,16H,8H2,1-4H3. The van der Waals surface area contributed by atoms with E-state index in [0.717, 1.165) is 34.7 Å². The maximum absolute atomic E-state index is 4.70. The summed E-state index contributed by atoms with van der Waals surface area (Å²) in [6.45, 7) is 2.83. The predicted molar refractivity (Wildman–Crippen MR) is 80.4 cm³/mol. The molecule has 3 rings (SSSR count). The van der Waals surface area contributed by atoms with Gasteiger partial charge in [-0.2, -0.15) is 0 Å². The van der Waals surface area contributed by atoms with Gasteiger partial charge in [0.05, 0.1) is 28.7 Å². The summed E-state index contributed by atoms with van der Waals surface area (Å²) < 4.78 is 4.16. The maximum Gasteiger partial charge on any atom is 0.106 e. The number of rotatable bonds is 3. The molecule has 0 radical (unpaired) electrons. The van der Waals surface area contributed by atoms with Gasteiger partial charge in [0.1, 0.15) is 5.82 Å². The number of nitrogens with zero attached hydrogens (tertiary/aromatic N) is 4. The lowest BCUT2D eigenvalue weighted by Crippen LogP contribution is -2.10. The fraction of sp³-hybridized carbons (Fsp3) is 0.333. The van der Waals surface area contributed by atoms with E-state index in [1.165, 1.54) is 5.69 Å². The van der Waals surface area contributed by atoms with Gasteiger partial charge in [-0.15, -0.1) is 0 Å². The van der Waals surface area contributed by atoms with Gasteiger partial charge < -0.3 is 14.5 Å². The van der Waals surface area contributed by atoms with Crippen LogP contribution in [0.3, 0.4) is 0 Å². The van der Waals surface area contributed by atoms with Crippen molar-refractivity contribution in [2.24, 2.45) is 14.1 Å². The van der Waals surface area contributed by atoms with Crippen molar-refractivity contribution in [3.8, 4) is 11.3 Å². The monoisotopic (exact) mass is 269 g/mol. The second kappa shape index (κ2) is 4.76. The number of aromatic nitrogens is 4. The van der Waals surface area contributed by atoms with Crippen LogP contribution in [0.25, 0.3) is 22.3 Å². The third-order valence-corrected chi connectivity index (χ3v) is 3.78. The zero-order chi connectivity index (χ0) is 14.3. The highest BCUT2D eigenvalue weighted by Gasteiger charge is 2.14. The summed E-state index contributed by atoms with van der Waals surface area (Å²) in [5, 5.41) is 3.21. The van der Waals surface area contributed by atoms with Crippen molar-refractivity contribution in [3.05, 3.63) is 36.0 Å². The van der Waals surface area contributed by atoms with Crippen LogP contribution in [0.1, 0.15) is 11.5 Å². The molecule has 20 heavy (non-hydrogen) atoms. The molecule has 0 unspecified atom stereocenters. The molecule has 0 aliphatic rings. The van der Waals surface area contributed by atoms with Crippen molar-refractivity contribution >= 4 is 11.0 Å². The lowest BCUT2D eigenvalue weighted by atomic mass is 10.1. The van der Waals surface area contributed by atoms with Crippen molar-refractivity contribution in [3.63, 3.8) is 0 Å². The molecule has 2 aromatic heterocycles. The molecule has 0 amide bonds. The molecule has 0 fully saturated rings. The van der Waals surface area contributed by atoms with Gasteiger partial charge in [-0.05, 0) is 26.1 Å². The number of nitrogens with one attached hydrogen (secondary N) is 1. The van der Waals surface area contributed by atoms with E-state index in [0.29, 0.717) is 0 Å². The van der Waals surface area contributed by atoms with E-state index in [-0.39, 0.29) is 0 Å². The minimum atomic E-state index is 0.799. The first-order valence-corrected chi connectivity index (χ1v) is 6.70. The van der Waals surface area contributed by atoms with Crippen LogP contribution in [0.5, 0.6) is 0 Å². The van der Waals surface area contributed by atoms with Gasteiger partial charge in [-0.1, -0.05) is 6.07 Å². The molecule has 1 N–H and O–H groups in total. The predicted octanol–water partition coefficient (Wildman–Crippen LogP) is 2.00. The van der Waals surface area contributed by atoms with E-state index in [9.17, 15) is 0 Å². The third kappa shape index (κ3) is 1.91. The quantitative estimate of drug-likeness (QED) is 0.791. The van der Waals surface area contributed by atoms with Gasteiger partial charge in [0.2, 0.25) is 0 Å². The van der Waals surface area contributed by atoms with Crippen LogP contribution in [0.15, 0.2) is 24.5 Å². The van der Waals surface area contributed by atoms with Crippen molar-refractivity contribution < 1.29 is 0 Å². The Balaban J connectivity index is 2.17. The third-order valence-electron chi connectivity index (χ3n) is 3.78. The van der Waals surface area contributed by atoms with Crippen molar-refractivity contribution in [2.45, 2.75) is 13.5 Å². The lowest BCUT2D eigenvalue weighted by Gasteiger charge is -2.06. The van der Waals surface area contributed by atoms with Gasteiger partial charge in [-0.3, -0.25) is 0 Å². The molecular formula is C15H19N5. The Kier molecular flexibility index (Phi) is 3.06. The fourth-order valence-electron chi connectivity index (χ4n) is 2.54. The highest BCUT2D eigenvalue weighted by atomic mass is 15.1. The molecule has 104 valence electrons. The molecule has 5 heteroatoms. The SMILES string of the molecule is CNCc1c(-c2ccc3c(c2)ncn3C)nc(C)n1C. The van der Waals surface area contributed by atoms with Crippen molar-refractivity contribution in [1.82, 2.24) is 24.4 Å². The Morgan fingerprint density at radius 2 is 2.05 bits per heavy atom. The topological polar surface area (TPSA) is 47.7 Å². The van der Waals surface area contributed by atoms with E-state index in [1.807, 2.05) is 31.9 Å². The summed E-state index contributed by atoms with van der Waals surface area (Å²) in [6.07, 6.45) is 1.84. The van der Waals surface area contributed by atoms with Crippen LogP contribution < -0.4 is 5.32 Å². The molecule has 1 aromatic carbocycles. The van der Waals surface area contributed by atoms with Gasteiger partial charge in [-0.25, -0.2) is 9.97 Å². The maximum atomic E-state index is 4.70. The first-order chi connectivity index (χ1) is 9.61. The molecule has 0 atom stereocenters. The summed E-state index contributed by atoms with van der Waals surface area (Å²) in [5.74, 6) is 1.02. The zero-order valence-electron chi connectivity index (χ0n) is 12.3. The Morgan fingerprint density at radius 3 is 2.80 bits per heavy atom. The number of imidazole rings is 2.